The molecule has 2 aromatic heterocycles. The summed E-state index contributed by atoms with van der Waals surface area (Å²) in [5.41, 5.74) is 3.56. The molecule has 1 aliphatic carbocycles. The fourth-order valence-electron chi connectivity index (χ4n) is 5.00. The summed E-state index contributed by atoms with van der Waals surface area (Å²) >= 11 is 6.42. The molecule has 196 valence electrons. The summed E-state index contributed by atoms with van der Waals surface area (Å²) < 4.78 is 7.96. The Labute approximate surface area is 221 Å². The van der Waals surface area contributed by atoms with Gasteiger partial charge in [-0.3, -0.25) is 0 Å². The molecule has 1 saturated carbocycles. The van der Waals surface area contributed by atoms with Crippen LogP contribution in [0.15, 0.2) is 43.0 Å². The maximum atomic E-state index is 10.9. The number of nitrogens with zero attached hydrogens (tertiary/aromatic N) is 6. The van der Waals surface area contributed by atoms with Crippen LogP contribution in [0.1, 0.15) is 25.7 Å². The number of piperazine rings is 1. The van der Waals surface area contributed by atoms with Crippen molar-refractivity contribution in [2.24, 2.45) is 5.92 Å². The van der Waals surface area contributed by atoms with Crippen molar-refractivity contribution in [3.8, 4) is 22.7 Å². The number of anilines is 1. The molecule has 0 radical (unpaired) electrons. The quantitative estimate of drug-likeness (QED) is 0.446. The van der Waals surface area contributed by atoms with Gasteiger partial charge in [0.25, 0.3) is 0 Å². The van der Waals surface area contributed by atoms with Gasteiger partial charge in [-0.1, -0.05) is 11.6 Å². The lowest BCUT2D eigenvalue weighted by atomic mass is 9.86. The van der Waals surface area contributed by atoms with Crippen molar-refractivity contribution in [2.45, 2.75) is 31.7 Å². The minimum atomic E-state index is -0.968. The van der Waals surface area contributed by atoms with Gasteiger partial charge in [-0.2, -0.15) is 5.10 Å². The molecule has 1 aliphatic heterocycles. The lowest BCUT2D eigenvalue weighted by molar-refractivity contribution is 0.169. The van der Waals surface area contributed by atoms with Gasteiger partial charge in [0.1, 0.15) is 12.0 Å². The zero-order valence-electron chi connectivity index (χ0n) is 20.9. The highest BCUT2D eigenvalue weighted by Crippen LogP contribution is 2.34. The topological polar surface area (TPSA) is 109 Å². The molecule has 0 bridgehead atoms. The maximum absolute atomic E-state index is 10.9. The van der Waals surface area contributed by atoms with Crippen molar-refractivity contribution < 1.29 is 14.6 Å². The van der Waals surface area contributed by atoms with E-state index < -0.39 is 6.09 Å². The molecule has 11 heteroatoms. The first-order valence-electron chi connectivity index (χ1n) is 12.7. The lowest BCUT2D eigenvalue weighted by Gasteiger charge is -2.34. The second-order valence-electron chi connectivity index (χ2n) is 9.80. The highest BCUT2D eigenvalue weighted by atomic mass is 35.5. The van der Waals surface area contributed by atoms with Gasteiger partial charge in [0.05, 0.1) is 18.5 Å². The van der Waals surface area contributed by atoms with E-state index in [0.29, 0.717) is 24.0 Å². The summed E-state index contributed by atoms with van der Waals surface area (Å²) in [5.74, 6) is 0.762. The number of hydrogen-bond donors (Lipinski definition) is 2. The zero-order valence-corrected chi connectivity index (χ0v) is 21.6. The van der Waals surface area contributed by atoms with Gasteiger partial charge in [-0.25, -0.2) is 19.4 Å². The largest absolute Gasteiger partial charge is 0.488 e. The van der Waals surface area contributed by atoms with Gasteiger partial charge in [0.2, 0.25) is 0 Å². The van der Waals surface area contributed by atoms with Crippen LogP contribution in [0, 0.1) is 5.92 Å². The number of carboxylic acid groups (broad SMARTS) is 1. The van der Waals surface area contributed by atoms with Crippen LogP contribution < -0.4 is 15.0 Å². The van der Waals surface area contributed by atoms with Gasteiger partial charge in [-0.05, 0) is 62.9 Å². The van der Waals surface area contributed by atoms with Gasteiger partial charge in [0.15, 0.2) is 10.9 Å². The summed E-state index contributed by atoms with van der Waals surface area (Å²) in [4.78, 5) is 24.2. The average molecular weight is 526 g/mol. The molecule has 37 heavy (non-hydrogen) atoms. The smallest absolute Gasteiger partial charge is 0.404 e. The zero-order chi connectivity index (χ0) is 25.8. The molecule has 5 rings (SSSR count). The fourth-order valence-corrected chi connectivity index (χ4v) is 5.19. The average Bonchev–Trinajstić information content (AvgIpc) is 3.39. The van der Waals surface area contributed by atoms with Crippen LogP contribution in [0.3, 0.4) is 0 Å². The third-order valence-electron chi connectivity index (χ3n) is 7.24. The van der Waals surface area contributed by atoms with E-state index in [1.807, 2.05) is 10.9 Å². The summed E-state index contributed by atoms with van der Waals surface area (Å²) in [6, 6.07) is 8.43. The number of likely N-dealkylation sites (N-methyl/N-ethyl adjacent to an activating group) is 1. The second kappa shape index (κ2) is 11.4. The minimum Gasteiger partial charge on any atom is -0.488 e. The van der Waals surface area contributed by atoms with E-state index in [1.165, 1.54) is 12.0 Å². The van der Waals surface area contributed by atoms with Crippen molar-refractivity contribution in [1.29, 1.82) is 0 Å². The number of hydrogen-bond acceptors (Lipinski definition) is 7. The maximum Gasteiger partial charge on any atom is 0.404 e. The Morgan fingerprint density at radius 3 is 2.49 bits per heavy atom. The van der Waals surface area contributed by atoms with Crippen molar-refractivity contribution in [3.63, 3.8) is 0 Å². The summed E-state index contributed by atoms with van der Waals surface area (Å²) in [5, 5.41) is 16.3. The van der Waals surface area contributed by atoms with Crippen LogP contribution in [0.5, 0.6) is 5.75 Å². The Morgan fingerprint density at radius 2 is 1.78 bits per heavy atom. The monoisotopic (exact) mass is 525 g/mol. The number of rotatable bonds is 7. The first kappa shape index (κ1) is 25.3. The van der Waals surface area contributed by atoms with Crippen LogP contribution in [-0.2, 0) is 0 Å². The normalized spacial score (nSPS) is 20.5. The SMILES string of the molecule is CN1CCN(c2ccc(-n3cc(-c4ncnc(Cl)c4OC[C@H]4CC[C@@H](NC(=O)O)CC4)cn3)cc2)CC1. The molecular weight excluding hydrogens is 494 g/mol. The van der Waals surface area contributed by atoms with E-state index in [0.717, 1.165) is 63.1 Å². The Balaban J connectivity index is 1.25. The van der Waals surface area contributed by atoms with Crippen LogP contribution >= 0.6 is 11.6 Å². The molecule has 0 spiro atoms. The van der Waals surface area contributed by atoms with Gasteiger partial charge in [0, 0.05) is 49.7 Å². The molecule has 1 saturated heterocycles. The minimum absolute atomic E-state index is 0.00872. The molecule has 0 atom stereocenters. The fraction of sp³-hybridized carbons (Fsp3) is 0.462. The van der Waals surface area contributed by atoms with Crippen molar-refractivity contribution in [3.05, 3.63) is 48.1 Å². The van der Waals surface area contributed by atoms with Gasteiger partial charge in [-0.15, -0.1) is 0 Å². The highest BCUT2D eigenvalue weighted by Gasteiger charge is 2.24. The van der Waals surface area contributed by atoms with E-state index >= 15 is 0 Å². The standard InChI is InChI=1S/C26H32ClN7O3/c1-32-10-12-33(13-11-32)21-6-8-22(9-7-21)34-15-19(14-30-34)23-24(25(27)29-17-28-23)37-16-18-2-4-20(5-3-18)31-26(35)36/h6-9,14-15,17-18,20,31H,2-5,10-13,16H2,1H3,(H,35,36)/t18-,20+. The first-order valence-corrected chi connectivity index (χ1v) is 13.1. The van der Waals surface area contributed by atoms with Crippen LogP contribution in [-0.4, -0.2) is 81.7 Å². The van der Waals surface area contributed by atoms with Crippen molar-refractivity contribution >= 4 is 23.4 Å². The summed E-state index contributed by atoms with van der Waals surface area (Å²) in [6.07, 6.45) is 7.49. The summed E-state index contributed by atoms with van der Waals surface area (Å²) in [6.45, 7) is 4.67. The molecular formula is C26H32ClN7O3. The number of benzene rings is 1. The molecule has 2 fully saturated rings. The lowest BCUT2D eigenvalue weighted by Crippen LogP contribution is -2.44. The van der Waals surface area contributed by atoms with E-state index in [2.05, 4.69) is 61.5 Å². The molecule has 2 aliphatic rings. The molecule has 10 nitrogen and oxygen atoms in total. The number of nitrogens with one attached hydrogen (secondary N) is 1. The van der Waals surface area contributed by atoms with Crippen LogP contribution in [0.4, 0.5) is 10.5 Å². The predicted molar refractivity (Wildman–Crippen MR) is 142 cm³/mol. The Morgan fingerprint density at radius 1 is 1.08 bits per heavy atom. The molecule has 3 aromatic rings. The van der Waals surface area contributed by atoms with Crippen molar-refractivity contribution in [2.75, 3.05) is 44.7 Å². The third kappa shape index (κ3) is 6.14. The second-order valence-corrected chi connectivity index (χ2v) is 10.2. The highest BCUT2D eigenvalue weighted by molar-refractivity contribution is 6.31. The molecule has 3 heterocycles. The molecule has 1 amide bonds. The Kier molecular flexibility index (Phi) is 7.76. The number of halogens is 1. The van der Waals surface area contributed by atoms with E-state index in [4.69, 9.17) is 21.4 Å². The Hall–Kier alpha value is -3.37. The molecule has 0 unspecified atom stereocenters. The number of ether oxygens (including phenoxy) is 1. The number of carbonyl (C=O) groups is 1. The van der Waals surface area contributed by atoms with Gasteiger partial charge < -0.3 is 25.0 Å². The van der Waals surface area contributed by atoms with Gasteiger partial charge >= 0.3 is 6.09 Å². The van der Waals surface area contributed by atoms with Crippen molar-refractivity contribution in [1.82, 2.24) is 30.0 Å². The Bertz CT molecular complexity index is 1200. The van der Waals surface area contributed by atoms with E-state index in [-0.39, 0.29) is 11.2 Å². The van der Waals surface area contributed by atoms with Crippen LogP contribution in [0.2, 0.25) is 5.15 Å². The first-order chi connectivity index (χ1) is 18.0. The number of amides is 1. The molecule has 1 aromatic carbocycles. The molecule has 2 N–H and O–H groups in total. The van der Waals surface area contributed by atoms with Crippen LogP contribution in [0.25, 0.3) is 16.9 Å². The number of aromatic nitrogens is 4. The van der Waals surface area contributed by atoms with E-state index in [9.17, 15) is 4.79 Å². The predicted octanol–water partition coefficient (Wildman–Crippen LogP) is 3.94. The third-order valence-corrected chi connectivity index (χ3v) is 7.51. The summed E-state index contributed by atoms with van der Waals surface area (Å²) in [7, 11) is 2.16. The van der Waals surface area contributed by atoms with E-state index in [1.54, 1.807) is 6.20 Å².